The standard InChI is InChI=1S/C11H17N3O2S/c1-8-4-3-5-14(6-8)10(15)7-17-11-13-12-9(2)16-11/h8H,3-7H2,1-2H3. The molecule has 1 aromatic rings. The van der Waals surface area contributed by atoms with Crippen molar-refractivity contribution in [3.63, 3.8) is 0 Å². The summed E-state index contributed by atoms with van der Waals surface area (Å²) in [4.78, 5) is 13.9. The highest BCUT2D eigenvalue weighted by Gasteiger charge is 2.21. The summed E-state index contributed by atoms with van der Waals surface area (Å²) in [5.41, 5.74) is 0. The minimum absolute atomic E-state index is 0.164. The normalized spacial score (nSPS) is 20.6. The Hall–Kier alpha value is -1.04. The number of amides is 1. The van der Waals surface area contributed by atoms with Crippen molar-refractivity contribution in [3.05, 3.63) is 5.89 Å². The molecule has 94 valence electrons. The van der Waals surface area contributed by atoms with Crippen LogP contribution in [0.15, 0.2) is 9.64 Å². The molecule has 0 saturated carbocycles. The van der Waals surface area contributed by atoms with Crippen LogP contribution >= 0.6 is 11.8 Å². The summed E-state index contributed by atoms with van der Waals surface area (Å²) in [6, 6.07) is 0. The molecular weight excluding hydrogens is 238 g/mol. The molecule has 0 spiro atoms. The van der Waals surface area contributed by atoms with Crippen molar-refractivity contribution < 1.29 is 9.21 Å². The lowest BCUT2D eigenvalue weighted by atomic mass is 10.0. The maximum absolute atomic E-state index is 11.9. The van der Waals surface area contributed by atoms with Gasteiger partial charge in [-0.3, -0.25) is 4.79 Å². The van der Waals surface area contributed by atoms with Gasteiger partial charge in [-0.1, -0.05) is 18.7 Å². The van der Waals surface area contributed by atoms with E-state index >= 15 is 0 Å². The van der Waals surface area contributed by atoms with Crippen LogP contribution in [0.1, 0.15) is 25.7 Å². The van der Waals surface area contributed by atoms with Crippen LogP contribution in [0.25, 0.3) is 0 Å². The van der Waals surface area contributed by atoms with Crippen molar-refractivity contribution in [1.29, 1.82) is 0 Å². The van der Waals surface area contributed by atoms with E-state index in [0.29, 0.717) is 22.8 Å². The second-order valence-electron chi connectivity index (χ2n) is 4.46. The van der Waals surface area contributed by atoms with Crippen molar-refractivity contribution in [2.24, 2.45) is 5.92 Å². The zero-order chi connectivity index (χ0) is 12.3. The SMILES string of the molecule is Cc1nnc(SCC(=O)N2CCCC(C)C2)o1. The van der Waals surface area contributed by atoms with Crippen LogP contribution in [0.3, 0.4) is 0 Å². The average molecular weight is 255 g/mol. The van der Waals surface area contributed by atoms with Gasteiger partial charge in [0, 0.05) is 20.0 Å². The van der Waals surface area contributed by atoms with E-state index in [1.807, 2.05) is 4.90 Å². The number of hydrogen-bond acceptors (Lipinski definition) is 5. The topological polar surface area (TPSA) is 59.2 Å². The Labute approximate surface area is 105 Å². The van der Waals surface area contributed by atoms with Crippen LogP contribution in [0.4, 0.5) is 0 Å². The number of carbonyl (C=O) groups excluding carboxylic acids is 1. The highest BCUT2D eigenvalue weighted by atomic mass is 32.2. The maximum Gasteiger partial charge on any atom is 0.277 e. The minimum Gasteiger partial charge on any atom is -0.416 e. The Morgan fingerprint density at radius 2 is 2.41 bits per heavy atom. The molecule has 1 aliphatic heterocycles. The van der Waals surface area contributed by atoms with E-state index in [9.17, 15) is 4.79 Å². The molecule has 0 aliphatic carbocycles. The first kappa shape index (κ1) is 12.4. The van der Waals surface area contributed by atoms with Crippen LogP contribution < -0.4 is 0 Å². The molecule has 1 atom stereocenters. The van der Waals surface area contributed by atoms with Crippen molar-refractivity contribution in [2.75, 3.05) is 18.8 Å². The summed E-state index contributed by atoms with van der Waals surface area (Å²) in [7, 11) is 0. The number of rotatable bonds is 3. The fourth-order valence-corrected chi connectivity index (χ4v) is 2.68. The number of aromatic nitrogens is 2. The molecule has 0 N–H and O–H groups in total. The quantitative estimate of drug-likeness (QED) is 0.770. The van der Waals surface area contributed by atoms with Crippen molar-refractivity contribution in [2.45, 2.75) is 31.9 Å². The summed E-state index contributed by atoms with van der Waals surface area (Å²) in [5, 5.41) is 8.05. The van der Waals surface area contributed by atoms with E-state index < -0.39 is 0 Å². The third-order valence-corrected chi connectivity index (χ3v) is 3.64. The van der Waals surface area contributed by atoms with Gasteiger partial charge in [0.2, 0.25) is 11.8 Å². The van der Waals surface area contributed by atoms with Gasteiger partial charge in [-0.25, -0.2) is 0 Å². The molecule has 5 nitrogen and oxygen atoms in total. The first-order valence-electron chi connectivity index (χ1n) is 5.86. The molecule has 6 heteroatoms. The van der Waals surface area contributed by atoms with Gasteiger partial charge >= 0.3 is 0 Å². The molecule has 1 amide bonds. The highest BCUT2D eigenvalue weighted by Crippen LogP contribution is 2.19. The molecule has 1 saturated heterocycles. The van der Waals surface area contributed by atoms with Gasteiger partial charge in [-0.15, -0.1) is 10.2 Å². The van der Waals surface area contributed by atoms with Gasteiger partial charge in [-0.2, -0.15) is 0 Å². The fourth-order valence-electron chi connectivity index (χ4n) is 1.97. The molecule has 1 fully saturated rings. The van der Waals surface area contributed by atoms with Crippen LogP contribution in [0, 0.1) is 12.8 Å². The number of thioether (sulfide) groups is 1. The number of likely N-dealkylation sites (tertiary alicyclic amines) is 1. The van der Waals surface area contributed by atoms with Crippen LogP contribution in [0.5, 0.6) is 0 Å². The maximum atomic E-state index is 11.9. The molecule has 0 bridgehead atoms. The van der Waals surface area contributed by atoms with Gasteiger partial charge in [0.1, 0.15) is 0 Å². The van der Waals surface area contributed by atoms with Crippen molar-refractivity contribution in [1.82, 2.24) is 15.1 Å². The van der Waals surface area contributed by atoms with E-state index in [1.54, 1.807) is 6.92 Å². The Morgan fingerprint density at radius 1 is 1.59 bits per heavy atom. The lowest BCUT2D eigenvalue weighted by Crippen LogP contribution is -2.40. The smallest absolute Gasteiger partial charge is 0.277 e. The molecule has 2 rings (SSSR count). The Morgan fingerprint density at radius 3 is 3.06 bits per heavy atom. The van der Waals surface area contributed by atoms with E-state index in [2.05, 4.69) is 17.1 Å². The summed E-state index contributed by atoms with van der Waals surface area (Å²) >= 11 is 1.31. The number of carbonyl (C=O) groups is 1. The summed E-state index contributed by atoms with van der Waals surface area (Å²) in [6.45, 7) is 5.69. The number of aryl methyl sites for hydroxylation is 1. The molecule has 0 radical (unpaired) electrons. The summed E-state index contributed by atoms with van der Waals surface area (Å²) in [6.07, 6.45) is 2.33. The van der Waals surface area contributed by atoms with Gasteiger partial charge in [0.15, 0.2) is 0 Å². The predicted octanol–water partition coefficient (Wildman–Crippen LogP) is 1.73. The molecular formula is C11H17N3O2S. The molecule has 0 aromatic carbocycles. The van der Waals surface area contributed by atoms with Crippen molar-refractivity contribution in [3.8, 4) is 0 Å². The lowest BCUT2D eigenvalue weighted by Gasteiger charge is -2.30. The van der Waals surface area contributed by atoms with Gasteiger partial charge < -0.3 is 9.32 Å². The second-order valence-corrected chi connectivity index (χ2v) is 5.39. The lowest BCUT2D eigenvalue weighted by molar-refractivity contribution is -0.130. The molecule has 1 aromatic heterocycles. The number of hydrogen-bond donors (Lipinski definition) is 0. The van der Waals surface area contributed by atoms with Crippen molar-refractivity contribution >= 4 is 17.7 Å². The molecule has 17 heavy (non-hydrogen) atoms. The van der Waals surface area contributed by atoms with E-state index in [1.165, 1.54) is 18.2 Å². The largest absolute Gasteiger partial charge is 0.416 e. The van der Waals surface area contributed by atoms with Crippen LogP contribution in [-0.2, 0) is 4.79 Å². The third kappa shape index (κ3) is 3.46. The monoisotopic (exact) mass is 255 g/mol. The van der Waals surface area contributed by atoms with E-state index in [-0.39, 0.29) is 5.91 Å². The molecule has 1 unspecified atom stereocenters. The second kappa shape index (κ2) is 5.53. The van der Waals surface area contributed by atoms with Gasteiger partial charge in [-0.05, 0) is 18.8 Å². The summed E-state index contributed by atoms with van der Waals surface area (Å²) in [5.74, 6) is 1.70. The molecule has 2 heterocycles. The predicted molar refractivity (Wildman–Crippen MR) is 64.7 cm³/mol. The zero-order valence-electron chi connectivity index (χ0n) is 10.2. The zero-order valence-corrected chi connectivity index (χ0v) is 11.0. The molecule has 1 aliphatic rings. The number of piperidine rings is 1. The first-order valence-corrected chi connectivity index (χ1v) is 6.84. The van der Waals surface area contributed by atoms with E-state index in [0.717, 1.165) is 19.5 Å². The Kier molecular flexibility index (Phi) is 4.04. The van der Waals surface area contributed by atoms with E-state index in [4.69, 9.17) is 4.42 Å². The Balaban J connectivity index is 1.80. The van der Waals surface area contributed by atoms with Gasteiger partial charge in [0.25, 0.3) is 5.22 Å². The van der Waals surface area contributed by atoms with Crippen LogP contribution in [-0.4, -0.2) is 39.8 Å². The highest BCUT2D eigenvalue weighted by molar-refractivity contribution is 7.99. The average Bonchev–Trinajstić information content (AvgIpc) is 2.72. The Bertz CT molecular complexity index is 394. The minimum atomic E-state index is 0.164. The number of nitrogens with zero attached hydrogens (tertiary/aromatic N) is 3. The van der Waals surface area contributed by atoms with Gasteiger partial charge in [0.05, 0.1) is 5.75 Å². The fraction of sp³-hybridized carbons (Fsp3) is 0.727. The summed E-state index contributed by atoms with van der Waals surface area (Å²) < 4.78 is 5.21. The third-order valence-electron chi connectivity index (χ3n) is 2.84. The van der Waals surface area contributed by atoms with Crippen LogP contribution in [0.2, 0.25) is 0 Å². The first-order chi connectivity index (χ1) is 8.15.